The topological polar surface area (TPSA) is 21.7 Å². The number of benzene rings is 3. The molecule has 1 unspecified atom stereocenters. The van der Waals surface area contributed by atoms with Gasteiger partial charge in [0.05, 0.1) is 20.3 Å². The lowest BCUT2D eigenvalue weighted by molar-refractivity contribution is 0.203. The summed E-state index contributed by atoms with van der Waals surface area (Å²) in [6, 6.07) is 18.8. The number of nitrogens with zero attached hydrogens (tertiary/aromatic N) is 1. The summed E-state index contributed by atoms with van der Waals surface area (Å²) in [7, 11) is 3.30. The van der Waals surface area contributed by atoms with Crippen molar-refractivity contribution in [2.75, 3.05) is 20.8 Å². The van der Waals surface area contributed by atoms with E-state index < -0.39 is 0 Å². The van der Waals surface area contributed by atoms with Gasteiger partial charge in [-0.05, 0) is 65.1 Å². The standard InChI is InChI=1S/C24H23ClFNO2/c1-28-22-13-17-9-10-27(15-16-5-3-8-20(26)11-16)24(21(17)14-23(22)29-2)18-6-4-7-19(25)12-18/h3-8,11-14,24H,9-10,15H2,1-2H3. The van der Waals surface area contributed by atoms with Crippen LogP contribution in [0.2, 0.25) is 5.02 Å². The van der Waals surface area contributed by atoms with Gasteiger partial charge in [-0.1, -0.05) is 35.9 Å². The Hall–Kier alpha value is -2.56. The summed E-state index contributed by atoms with van der Waals surface area (Å²) < 4.78 is 24.8. The molecule has 0 N–H and O–H groups in total. The van der Waals surface area contributed by atoms with Crippen LogP contribution in [0.25, 0.3) is 0 Å². The fraction of sp³-hybridized carbons (Fsp3) is 0.250. The zero-order valence-corrected chi connectivity index (χ0v) is 17.2. The van der Waals surface area contributed by atoms with Crippen LogP contribution in [0.15, 0.2) is 60.7 Å². The van der Waals surface area contributed by atoms with Gasteiger partial charge in [0.2, 0.25) is 0 Å². The molecule has 0 aliphatic carbocycles. The Morgan fingerprint density at radius 2 is 1.76 bits per heavy atom. The fourth-order valence-electron chi connectivity index (χ4n) is 4.10. The van der Waals surface area contributed by atoms with Crippen molar-refractivity contribution in [2.45, 2.75) is 19.0 Å². The second kappa shape index (κ2) is 8.44. The number of fused-ring (bicyclic) bond motifs is 1. The molecule has 0 saturated carbocycles. The van der Waals surface area contributed by atoms with Crippen molar-refractivity contribution in [1.29, 1.82) is 0 Å². The molecule has 3 aromatic rings. The molecule has 1 aliphatic heterocycles. The predicted octanol–water partition coefficient (Wildman–Crippen LogP) is 5.64. The summed E-state index contributed by atoms with van der Waals surface area (Å²) in [5.74, 6) is 1.21. The van der Waals surface area contributed by atoms with Gasteiger partial charge in [0.15, 0.2) is 11.5 Å². The normalized spacial score (nSPS) is 16.3. The summed E-state index contributed by atoms with van der Waals surface area (Å²) in [5.41, 5.74) is 4.43. The zero-order valence-electron chi connectivity index (χ0n) is 16.5. The minimum Gasteiger partial charge on any atom is -0.493 e. The van der Waals surface area contributed by atoms with E-state index in [4.69, 9.17) is 21.1 Å². The Kier molecular flexibility index (Phi) is 5.74. The van der Waals surface area contributed by atoms with Crippen LogP contribution in [0.3, 0.4) is 0 Å². The molecule has 3 aromatic carbocycles. The molecule has 0 aromatic heterocycles. The van der Waals surface area contributed by atoms with Crippen molar-refractivity contribution in [3.05, 3.63) is 93.8 Å². The number of halogens is 2. The molecule has 0 radical (unpaired) electrons. The van der Waals surface area contributed by atoms with Crippen molar-refractivity contribution >= 4 is 11.6 Å². The Balaban J connectivity index is 1.80. The van der Waals surface area contributed by atoms with Crippen LogP contribution in [-0.2, 0) is 13.0 Å². The average Bonchev–Trinajstić information content (AvgIpc) is 2.72. The summed E-state index contributed by atoms with van der Waals surface area (Å²) in [6.07, 6.45) is 0.877. The molecule has 1 aliphatic rings. The first-order valence-electron chi connectivity index (χ1n) is 9.58. The molecule has 0 fully saturated rings. The molecule has 29 heavy (non-hydrogen) atoms. The summed E-state index contributed by atoms with van der Waals surface area (Å²) in [5, 5.41) is 0.695. The van der Waals surface area contributed by atoms with Crippen LogP contribution < -0.4 is 9.47 Å². The van der Waals surface area contributed by atoms with Crippen molar-refractivity contribution in [3.63, 3.8) is 0 Å². The van der Waals surface area contributed by atoms with Crippen LogP contribution in [0.5, 0.6) is 11.5 Å². The first kappa shape index (κ1) is 19.7. The van der Waals surface area contributed by atoms with Gasteiger partial charge in [-0.25, -0.2) is 4.39 Å². The smallest absolute Gasteiger partial charge is 0.161 e. The third-order valence-corrected chi connectivity index (χ3v) is 5.65. The lowest BCUT2D eigenvalue weighted by Crippen LogP contribution is -2.35. The van der Waals surface area contributed by atoms with Gasteiger partial charge in [0.25, 0.3) is 0 Å². The second-order valence-electron chi connectivity index (χ2n) is 7.21. The Morgan fingerprint density at radius 3 is 2.48 bits per heavy atom. The maximum Gasteiger partial charge on any atom is 0.161 e. The van der Waals surface area contributed by atoms with Crippen molar-refractivity contribution < 1.29 is 13.9 Å². The Labute approximate surface area is 175 Å². The Morgan fingerprint density at radius 1 is 1.00 bits per heavy atom. The van der Waals surface area contributed by atoms with Crippen LogP contribution in [0.4, 0.5) is 4.39 Å². The van der Waals surface area contributed by atoms with E-state index in [1.165, 1.54) is 11.6 Å². The number of hydrogen-bond acceptors (Lipinski definition) is 3. The third-order valence-electron chi connectivity index (χ3n) is 5.41. The SMILES string of the molecule is COc1cc2c(cc1OC)C(c1cccc(Cl)c1)N(Cc1cccc(F)c1)CC2. The quantitative estimate of drug-likeness (QED) is 0.542. The molecule has 3 nitrogen and oxygen atoms in total. The van der Waals surface area contributed by atoms with Crippen LogP contribution >= 0.6 is 11.6 Å². The maximum absolute atomic E-state index is 13.7. The number of ether oxygens (including phenoxy) is 2. The Bertz CT molecular complexity index is 1020. The number of methoxy groups -OCH3 is 2. The second-order valence-corrected chi connectivity index (χ2v) is 7.65. The van der Waals surface area contributed by atoms with Crippen molar-refractivity contribution in [2.24, 2.45) is 0 Å². The predicted molar refractivity (Wildman–Crippen MR) is 113 cm³/mol. The minimum atomic E-state index is -0.217. The van der Waals surface area contributed by atoms with Crippen LogP contribution in [0.1, 0.15) is 28.3 Å². The molecular weight excluding hydrogens is 389 g/mol. The van der Waals surface area contributed by atoms with Gasteiger partial charge in [-0.15, -0.1) is 0 Å². The lowest BCUT2D eigenvalue weighted by atomic mass is 9.87. The summed E-state index contributed by atoms with van der Waals surface area (Å²) in [4.78, 5) is 2.36. The van der Waals surface area contributed by atoms with Crippen LogP contribution in [0, 0.1) is 5.82 Å². The van der Waals surface area contributed by atoms with E-state index in [0.717, 1.165) is 35.4 Å². The van der Waals surface area contributed by atoms with E-state index in [2.05, 4.69) is 23.1 Å². The molecule has 0 amide bonds. The maximum atomic E-state index is 13.7. The van der Waals surface area contributed by atoms with E-state index in [-0.39, 0.29) is 11.9 Å². The molecule has 0 spiro atoms. The van der Waals surface area contributed by atoms with E-state index >= 15 is 0 Å². The molecule has 1 atom stereocenters. The van der Waals surface area contributed by atoms with E-state index in [1.807, 2.05) is 24.3 Å². The van der Waals surface area contributed by atoms with Gasteiger partial charge in [-0.2, -0.15) is 0 Å². The largest absolute Gasteiger partial charge is 0.493 e. The molecule has 4 rings (SSSR count). The number of rotatable bonds is 5. The van der Waals surface area contributed by atoms with E-state index in [9.17, 15) is 4.39 Å². The fourth-order valence-corrected chi connectivity index (χ4v) is 4.30. The van der Waals surface area contributed by atoms with Gasteiger partial charge in [-0.3, -0.25) is 4.90 Å². The number of hydrogen-bond donors (Lipinski definition) is 0. The van der Waals surface area contributed by atoms with Crippen LogP contribution in [-0.4, -0.2) is 25.7 Å². The van der Waals surface area contributed by atoms with Crippen molar-refractivity contribution in [3.8, 4) is 11.5 Å². The van der Waals surface area contributed by atoms with Gasteiger partial charge < -0.3 is 9.47 Å². The highest BCUT2D eigenvalue weighted by Crippen LogP contribution is 2.41. The third kappa shape index (κ3) is 4.09. The molecule has 5 heteroatoms. The zero-order chi connectivity index (χ0) is 20.4. The first-order chi connectivity index (χ1) is 14.1. The highest BCUT2D eigenvalue weighted by atomic mass is 35.5. The monoisotopic (exact) mass is 411 g/mol. The van der Waals surface area contributed by atoms with E-state index in [1.54, 1.807) is 26.4 Å². The van der Waals surface area contributed by atoms with Gasteiger partial charge in [0, 0.05) is 18.1 Å². The van der Waals surface area contributed by atoms with Crippen molar-refractivity contribution in [1.82, 2.24) is 4.90 Å². The highest BCUT2D eigenvalue weighted by molar-refractivity contribution is 6.30. The van der Waals surface area contributed by atoms with E-state index in [0.29, 0.717) is 17.3 Å². The highest BCUT2D eigenvalue weighted by Gasteiger charge is 2.30. The lowest BCUT2D eigenvalue weighted by Gasteiger charge is -2.38. The molecular formula is C24H23ClFNO2. The molecule has 0 bridgehead atoms. The first-order valence-corrected chi connectivity index (χ1v) is 9.95. The summed E-state index contributed by atoms with van der Waals surface area (Å²) >= 11 is 6.31. The average molecular weight is 412 g/mol. The molecule has 150 valence electrons. The molecule has 1 heterocycles. The molecule has 0 saturated heterocycles. The van der Waals surface area contributed by atoms with Gasteiger partial charge in [0.1, 0.15) is 5.82 Å². The van der Waals surface area contributed by atoms with Gasteiger partial charge >= 0.3 is 0 Å². The summed E-state index contributed by atoms with van der Waals surface area (Å²) in [6.45, 7) is 1.49. The minimum absolute atomic E-state index is 0.0134.